The van der Waals surface area contributed by atoms with Gasteiger partial charge in [-0.3, -0.25) is 4.79 Å². The van der Waals surface area contributed by atoms with Crippen molar-refractivity contribution >= 4 is 16.0 Å². The minimum Gasteiger partial charge on any atom is -0.480 e. The first-order chi connectivity index (χ1) is 8.20. The molecule has 0 aliphatic carbocycles. The number of sulfonamides is 1. The van der Waals surface area contributed by atoms with Gasteiger partial charge < -0.3 is 5.11 Å². The Kier molecular flexibility index (Phi) is 3.74. The average Bonchev–Trinajstić information content (AvgIpc) is 2.27. The highest BCUT2D eigenvalue weighted by Gasteiger charge is 2.33. The fourth-order valence-electron chi connectivity index (χ4n) is 1.23. The summed E-state index contributed by atoms with van der Waals surface area (Å²) >= 11 is 0. The number of aliphatic carboxylic acids is 1. The van der Waals surface area contributed by atoms with E-state index < -0.39 is 21.5 Å². The lowest BCUT2D eigenvalue weighted by Crippen LogP contribution is -2.49. The second kappa shape index (κ2) is 4.76. The Bertz CT molecular complexity index is 614. The number of nitrogens with one attached hydrogen (secondary N) is 1. The summed E-state index contributed by atoms with van der Waals surface area (Å²) in [6, 6.07) is 7.34. The van der Waals surface area contributed by atoms with Gasteiger partial charge in [0.1, 0.15) is 11.6 Å². The van der Waals surface area contributed by atoms with Crippen molar-refractivity contribution in [1.82, 2.24) is 4.72 Å². The zero-order valence-corrected chi connectivity index (χ0v) is 10.7. The summed E-state index contributed by atoms with van der Waals surface area (Å²) in [5.74, 6) is -1.31. The summed E-state index contributed by atoms with van der Waals surface area (Å²) in [6.45, 7) is 2.45. The maximum Gasteiger partial charge on any atom is 0.324 e. The Balaban J connectivity index is 3.25. The van der Waals surface area contributed by atoms with Gasteiger partial charge in [0, 0.05) is 0 Å². The predicted molar refractivity (Wildman–Crippen MR) is 63.2 cm³/mol. The molecule has 0 spiro atoms. The Hall–Kier alpha value is -1.91. The molecule has 18 heavy (non-hydrogen) atoms. The summed E-state index contributed by atoms with van der Waals surface area (Å²) in [4.78, 5) is 10.7. The molecule has 0 heterocycles. The van der Waals surface area contributed by atoms with Crippen LogP contribution in [0, 0.1) is 11.3 Å². The van der Waals surface area contributed by atoms with E-state index in [1.54, 1.807) is 6.07 Å². The molecule has 0 amide bonds. The molecule has 0 unspecified atom stereocenters. The second-order valence-electron chi connectivity index (χ2n) is 4.14. The molecule has 6 nitrogen and oxygen atoms in total. The van der Waals surface area contributed by atoms with Gasteiger partial charge in [-0.25, -0.2) is 8.42 Å². The lowest BCUT2D eigenvalue weighted by Gasteiger charge is -2.21. The van der Waals surface area contributed by atoms with Crippen LogP contribution in [0.4, 0.5) is 0 Å². The van der Waals surface area contributed by atoms with Crippen LogP contribution < -0.4 is 4.72 Å². The Morgan fingerprint density at radius 3 is 2.44 bits per heavy atom. The van der Waals surface area contributed by atoms with E-state index in [1.165, 1.54) is 38.1 Å². The van der Waals surface area contributed by atoms with E-state index in [9.17, 15) is 13.2 Å². The number of nitriles is 1. The number of nitrogens with zero attached hydrogens (tertiary/aromatic N) is 1. The molecular formula is C11H12N2O4S. The minimum atomic E-state index is -4.06. The molecular weight excluding hydrogens is 256 g/mol. The average molecular weight is 268 g/mol. The van der Waals surface area contributed by atoms with Crippen molar-refractivity contribution in [3.63, 3.8) is 0 Å². The van der Waals surface area contributed by atoms with Crippen molar-refractivity contribution in [1.29, 1.82) is 5.26 Å². The van der Waals surface area contributed by atoms with Crippen molar-refractivity contribution in [2.45, 2.75) is 24.3 Å². The van der Waals surface area contributed by atoms with Gasteiger partial charge in [-0.2, -0.15) is 9.98 Å². The summed E-state index contributed by atoms with van der Waals surface area (Å²) < 4.78 is 26.1. The van der Waals surface area contributed by atoms with Crippen LogP contribution in [0.1, 0.15) is 19.4 Å². The molecule has 0 saturated carbocycles. The van der Waals surface area contributed by atoms with Crippen LogP contribution in [0.5, 0.6) is 0 Å². The van der Waals surface area contributed by atoms with Crippen molar-refractivity contribution in [3.05, 3.63) is 29.8 Å². The largest absolute Gasteiger partial charge is 0.480 e. The number of benzene rings is 1. The van der Waals surface area contributed by atoms with Crippen LogP contribution in [-0.4, -0.2) is 25.0 Å². The molecule has 0 aromatic heterocycles. The van der Waals surface area contributed by atoms with Gasteiger partial charge in [-0.05, 0) is 26.0 Å². The molecule has 0 saturated heterocycles. The SMILES string of the molecule is CC(C)(NS(=O)(=O)c1ccccc1C#N)C(=O)O. The summed E-state index contributed by atoms with van der Waals surface area (Å²) in [5, 5.41) is 17.7. The number of hydrogen-bond acceptors (Lipinski definition) is 4. The van der Waals surface area contributed by atoms with E-state index >= 15 is 0 Å². The van der Waals surface area contributed by atoms with E-state index in [2.05, 4.69) is 0 Å². The molecule has 2 N–H and O–H groups in total. The van der Waals surface area contributed by atoms with Gasteiger partial charge in [0.05, 0.1) is 10.5 Å². The highest BCUT2D eigenvalue weighted by atomic mass is 32.2. The maximum absolute atomic E-state index is 12.0. The highest BCUT2D eigenvalue weighted by Crippen LogP contribution is 2.17. The van der Waals surface area contributed by atoms with Gasteiger partial charge in [0.15, 0.2) is 0 Å². The number of rotatable bonds is 4. The van der Waals surface area contributed by atoms with E-state index in [1.807, 2.05) is 4.72 Å². The monoisotopic (exact) mass is 268 g/mol. The highest BCUT2D eigenvalue weighted by molar-refractivity contribution is 7.89. The summed E-state index contributed by atoms with van der Waals surface area (Å²) in [5.41, 5.74) is -1.69. The van der Waals surface area contributed by atoms with Gasteiger partial charge in [-0.15, -0.1) is 0 Å². The summed E-state index contributed by atoms with van der Waals surface area (Å²) in [7, 11) is -4.06. The number of carbonyl (C=O) groups is 1. The van der Waals surface area contributed by atoms with Crippen LogP contribution in [0.25, 0.3) is 0 Å². The molecule has 96 valence electrons. The fraction of sp³-hybridized carbons (Fsp3) is 0.273. The predicted octanol–water partition coefficient (Wildman–Crippen LogP) is 0.700. The molecule has 0 aliphatic heterocycles. The van der Waals surface area contributed by atoms with Crippen LogP contribution in [0.15, 0.2) is 29.2 Å². The maximum atomic E-state index is 12.0. The Morgan fingerprint density at radius 2 is 1.94 bits per heavy atom. The van der Waals surface area contributed by atoms with E-state index in [4.69, 9.17) is 10.4 Å². The topological polar surface area (TPSA) is 107 Å². The number of carboxylic acid groups (broad SMARTS) is 1. The quantitative estimate of drug-likeness (QED) is 0.835. The van der Waals surface area contributed by atoms with Gasteiger partial charge in [-0.1, -0.05) is 12.1 Å². The van der Waals surface area contributed by atoms with Crippen molar-refractivity contribution in [3.8, 4) is 6.07 Å². The van der Waals surface area contributed by atoms with E-state index in [-0.39, 0.29) is 10.5 Å². The van der Waals surface area contributed by atoms with Crippen LogP contribution in [0.2, 0.25) is 0 Å². The fourth-order valence-corrected chi connectivity index (χ4v) is 2.76. The molecule has 0 aliphatic rings. The third-order valence-corrected chi connectivity index (χ3v) is 3.94. The van der Waals surface area contributed by atoms with Crippen LogP contribution in [0.3, 0.4) is 0 Å². The standard InChI is InChI=1S/C11H12N2O4S/c1-11(2,10(14)15)13-18(16,17)9-6-4-3-5-8(9)7-12/h3-6,13H,1-2H3,(H,14,15). The molecule has 0 bridgehead atoms. The smallest absolute Gasteiger partial charge is 0.324 e. The lowest BCUT2D eigenvalue weighted by molar-refractivity contribution is -0.142. The van der Waals surface area contributed by atoms with E-state index in [0.717, 1.165) is 0 Å². The van der Waals surface area contributed by atoms with Crippen LogP contribution >= 0.6 is 0 Å². The van der Waals surface area contributed by atoms with Crippen molar-refractivity contribution in [2.24, 2.45) is 0 Å². The first kappa shape index (κ1) is 14.2. The molecule has 0 atom stereocenters. The normalized spacial score (nSPS) is 11.8. The van der Waals surface area contributed by atoms with Crippen molar-refractivity contribution < 1.29 is 18.3 Å². The molecule has 0 fully saturated rings. The first-order valence-electron chi connectivity index (χ1n) is 4.97. The van der Waals surface area contributed by atoms with E-state index in [0.29, 0.717) is 0 Å². The Morgan fingerprint density at radius 1 is 1.39 bits per heavy atom. The van der Waals surface area contributed by atoms with Gasteiger partial charge in [0.25, 0.3) is 0 Å². The first-order valence-corrected chi connectivity index (χ1v) is 6.45. The minimum absolute atomic E-state index is 0.0359. The third-order valence-electron chi connectivity index (χ3n) is 2.22. The second-order valence-corrected chi connectivity index (χ2v) is 5.79. The van der Waals surface area contributed by atoms with Gasteiger partial charge >= 0.3 is 5.97 Å². The molecule has 0 radical (unpaired) electrons. The summed E-state index contributed by atoms with van der Waals surface area (Å²) in [6.07, 6.45) is 0. The molecule has 7 heteroatoms. The third kappa shape index (κ3) is 2.85. The zero-order chi connectivity index (χ0) is 14.0. The lowest BCUT2D eigenvalue weighted by atomic mass is 10.1. The number of hydrogen-bond donors (Lipinski definition) is 2. The molecule has 1 aromatic carbocycles. The Labute approximate surface area is 105 Å². The zero-order valence-electron chi connectivity index (χ0n) is 9.84. The molecule has 1 aromatic rings. The molecule has 1 rings (SSSR count). The number of carboxylic acids is 1. The van der Waals surface area contributed by atoms with Crippen molar-refractivity contribution in [2.75, 3.05) is 0 Å². The van der Waals surface area contributed by atoms with Gasteiger partial charge in [0.2, 0.25) is 10.0 Å². The van der Waals surface area contributed by atoms with Crippen LogP contribution in [-0.2, 0) is 14.8 Å².